The van der Waals surface area contributed by atoms with Gasteiger partial charge < -0.3 is 14.8 Å². The van der Waals surface area contributed by atoms with Crippen LogP contribution in [0.1, 0.15) is 24.1 Å². The van der Waals surface area contributed by atoms with Crippen molar-refractivity contribution >= 4 is 33.2 Å². The van der Waals surface area contributed by atoms with Gasteiger partial charge in [-0.05, 0) is 55.0 Å². The number of anilines is 1. The SMILES string of the molecule is COc1ccc([C@@H](C)NC(=O)CN(c2cc(C(F)(F)F)ccc2Cl)S(=O)(=O)c2ccccc2)cc1OC. The molecule has 3 aromatic rings. The van der Waals surface area contributed by atoms with Gasteiger partial charge in [-0.1, -0.05) is 35.9 Å². The van der Waals surface area contributed by atoms with Crippen LogP contribution in [0.5, 0.6) is 11.5 Å². The maximum atomic E-state index is 13.5. The van der Waals surface area contributed by atoms with E-state index in [9.17, 15) is 26.4 Å². The fourth-order valence-electron chi connectivity index (χ4n) is 3.52. The Balaban J connectivity index is 1.98. The number of methoxy groups -OCH3 is 2. The number of ether oxygens (including phenoxy) is 2. The zero-order chi connectivity index (χ0) is 27.4. The Morgan fingerprint density at radius 1 is 1.00 bits per heavy atom. The van der Waals surface area contributed by atoms with Gasteiger partial charge in [-0.3, -0.25) is 9.10 Å². The molecule has 3 rings (SSSR count). The standard InChI is InChI=1S/C25H24ClF3N2O5S/c1-16(17-9-12-22(35-2)23(13-17)36-3)30-24(32)15-31(37(33,34)19-7-5-4-6-8-19)21-14-18(25(27,28)29)10-11-20(21)26/h4-14,16H,15H2,1-3H3,(H,30,32)/t16-/m1/s1. The van der Waals surface area contributed by atoms with Crippen LogP contribution in [0.2, 0.25) is 5.02 Å². The van der Waals surface area contributed by atoms with Crippen LogP contribution in [-0.2, 0) is 21.0 Å². The average molecular weight is 557 g/mol. The van der Waals surface area contributed by atoms with Crippen LogP contribution >= 0.6 is 11.6 Å². The van der Waals surface area contributed by atoms with Crippen LogP contribution in [-0.4, -0.2) is 35.1 Å². The predicted octanol–water partition coefficient (Wildman–Crippen LogP) is 5.45. The van der Waals surface area contributed by atoms with Crippen molar-refractivity contribution in [1.82, 2.24) is 5.32 Å². The van der Waals surface area contributed by atoms with Crippen molar-refractivity contribution in [2.45, 2.75) is 24.0 Å². The summed E-state index contributed by atoms with van der Waals surface area (Å²) in [6.45, 7) is 0.836. The molecular weight excluding hydrogens is 533 g/mol. The minimum atomic E-state index is -4.76. The summed E-state index contributed by atoms with van der Waals surface area (Å²) in [4.78, 5) is 12.8. The van der Waals surface area contributed by atoms with Crippen molar-refractivity contribution < 1.29 is 35.9 Å². The first-order valence-electron chi connectivity index (χ1n) is 10.8. The Morgan fingerprint density at radius 2 is 1.65 bits per heavy atom. The van der Waals surface area contributed by atoms with Crippen molar-refractivity contribution in [1.29, 1.82) is 0 Å². The van der Waals surface area contributed by atoms with E-state index in [4.69, 9.17) is 21.1 Å². The van der Waals surface area contributed by atoms with Gasteiger partial charge in [0.2, 0.25) is 5.91 Å². The maximum absolute atomic E-state index is 13.5. The summed E-state index contributed by atoms with van der Waals surface area (Å²) in [5.41, 5.74) is -0.964. The second-order valence-corrected chi connectivity index (χ2v) is 10.2. The molecule has 7 nitrogen and oxygen atoms in total. The summed E-state index contributed by atoms with van der Waals surface area (Å²) in [7, 11) is -1.54. The molecule has 12 heteroatoms. The highest BCUT2D eigenvalue weighted by molar-refractivity contribution is 7.92. The molecule has 0 heterocycles. The van der Waals surface area contributed by atoms with Gasteiger partial charge in [-0.15, -0.1) is 0 Å². The second-order valence-electron chi connectivity index (χ2n) is 7.89. The molecule has 0 fully saturated rings. The minimum Gasteiger partial charge on any atom is -0.493 e. The number of halogens is 4. The highest BCUT2D eigenvalue weighted by Gasteiger charge is 2.34. The van der Waals surface area contributed by atoms with Crippen molar-refractivity contribution in [2.75, 3.05) is 25.1 Å². The summed E-state index contributed by atoms with van der Waals surface area (Å²) >= 11 is 6.15. The fourth-order valence-corrected chi connectivity index (χ4v) is 5.24. The first-order chi connectivity index (χ1) is 17.4. The number of nitrogens with zero attached hydrogens (tertiary/aromatic N) is 1. The van der Waals surface area contributed by atoms with Crippen LogP contribution < -0.4 is 19.1 Å². The van der Waals surface area contributed by atoms with Crippen LogP contribution in [0, 0.1) is 0 Å². The molecule has 0 unspecified atom stereocenters. The maximum Gasteiger partial charge on any atom is 0.416 e. The molecule has 198 valence electrons. The third kappa shape index (κ3) is 6.47. The molecule has 0 aliphatic carbocycles. The Labute approximate surface area is 217 Å². The highest BCUT2D eigenvalue weighted by atomic mass is 35.5. The quantitative estimate of drug-likeness (QED) is 0.379. The molecule has 3 aromatic carbocycles. The number of nitrogens with one attached hydrogen (secondary N) is 1. The zero-order valence-corrected chi connectivity index (χ0v) is 21.6. The Kier molecular flexibility index (Phi) is 8.60. The van der Waals surface area contributed by atoms with E-state index >= 15 is 0 Å². The van der Waals surface area contributed by atoms with Gasteiger partial charge in [0.05, 0.1) is 41.4 Å². The van der Waals surface area contributed by atoms with Gasteiger partial charge in [0.25, 0.3) is 10.0 Å². The van der Waals surface area contributed by atoms with Gasteiger partial charge in [-0.25, -0.2) is 8.42 Å². The lowest BCUT2D eigenvalue weighted by atomic mass is 10.1. The van der Waals surface area contributed by atoms with Gasteiger partial charge in [0, 0.05) is 0 Å². The lowest BCUT2D eigenvalue weighted by Gasteiger charge is -2.26. The van der Waals surface area contributed by atoms with E-state index in [1.165, 1.54) is 38.5 Å². The largest absolute Gasteiger partial charge is 0.493 e. The van der Waals surface area contributed by atoms with E-state index in [1.54, 1.807) is 31.2 Å². The van der Waals surface area contributed by atoms with Crippen LogP contribution in [0.25, 0.3) is 0 Å². The van der Waals surface area contributed by atoms with Crippen molar-refractivity contribution in [3.05, 3.63) is 82.9 Å². The van der Waals surface area contributed by atoms with E-state index < -0.39 is 45.9 Å². The molecule has 37 heavy (non-hydrogen) atoms. The van der Waals surface area contributed by atoms with Crippen LogP contribution in [0.15, 0.2) is 71.6 Å². The molecule has 0 aliphatic rings. The van der Waals surface area contributed by atoms with Crippen LogP contribution in [0.4, 0.5) is 18.9 Å². The number of carbonyl (C=O) groups is 1. The molecule has 0 aromatic heterocycles. The first kappa shape index (κ1) is 28.1. The number of hydrogen-bond acceptors (Lipinski definition) is 5. The van der Waals surface area contributed by atoms with E-state index in [0.29, 0.717) is 27.4 Å². The van der Waals surface area contributed by atoms with E-state index in [-0.39, 0.29) is 9.92 Å². The van der Waals surface area contributed by atoms with Gasteiger partial charge in [-0.2, -0.15) is 13.2 Å². The first-order valence-corrected chi connectivity index (χ1v) is 12.7. The second kappa shape index (κ2) is 11.3. The summed E-state index contributed by atoms with van der Waals surface area (Å²) in [6.07, 6.45) is -4.76. The molecule has 1 amide bonds. The van der Waals surface area contributed by atoms with Crippen LogP contribution in [0.3, 0.4) is 0 Å². The molecule has 0 spiro atoms. The smallest absolute Gasteiger partial charge is 0.416 e. The topological polar surface area (TPSA) is 84.9 Å². The summed E-state index contributed by atoms with van der Waals surface area (Å²) in [5.74, 6) is 0.129. The number of carbonyl (C=O) groups excluding carboxylic acids is 1. The van der Waals surface area contributed by atoms with Gasteiger partial charge >= 0.3 is 6.18 Å². The summed E-state index contributed by atoms with van der Waals surface area (Å²) in [6, 6.07) is 13.7. The molecule has 1 atom stereocenters. The monoisotopic (exact) mass is 556 g/mol. The van der Waals surface area contributed by atoms with Crippen molar-refractivity contribution in [2.24, 2.45) is 0 Å². The number of rotatable bonds is 9. The molecule has 0 saturated carbocycles. The van der Waals surface area contributed by atoms with E-state index in [0.717, 1.165) is 12.1 Å². The number of sulfonamides is 1. The molecule has 0 aliphatic heterocycles. The van der Waals surface area contributed by atoms with Gasteiger partial charge in [0.15, 0.2) is 11.5 Å². The number of alkyl halides is 3. The Bertz CT molecular complexity index is 1370. The molecule has 0 bridgehead atoms. The highest BCUT2D eigenvalue weighted by Crippen LogP contribution is 2.37. The Hall–Kier alpha value is -3.44. The number of amides is 1. The molecular formula is C25H24ClF3N2O5S. The normalized spacial score (nSPS) is 12.5. The predicted molar refractivity (Wildman–Crippen MR) is 134 cm³/mol. The van der Waals surface area contributed by atoms with E-state index in [1.807, 2.05) is 0 Å². The zero-order valence-electron chi connectivity index (χ0n) is 20.0. The lowest BCUT2D eigenvalue weighted by molar-refractivity contribution is -0.137. The number of benzene rings is 3. The lowest BCUT2D eigenvalue weighted by Crippen LogP contribution is -2.41. The minimum absolute atomic E-state index is 0.218. The van der Waals surface area contributed by atoms with E-state index in [2.05, 4.69) is 5.32 Å². The van der Waals surface area contributed by atoms with Crippen molar-refractivity contribution in [3.63, 3.8) is 0 Å². The average Bonchev–Trinajstić information content (AvgIpc) is 2.87. The Morgan fingerprint density at radius 3 is 2.24 bits per heavy atom. The summed E-state index contributed by atoms with van der Waals surface area (Å²) in [5, 5.41) is 2.40. The van der Waals surface area contributed by atoms with Crippen molar-refractivity contribution in [3.8, 4) is 11.5 Å². The fraction of sp³-hybridized carbons (Fsp3) is 0.240. The molecule has 1 N–H and O–H groups in total. The molecule has 0 saturated heterocycles. The third-order valence-electron chi connectivity index (χ3n) is 5.45. The third-order valence-corrected chi connectivity index (χ3v) is 7.54. The van der Waals surface area contributed by atoms with Gasteiger partial charge in [0.1, 0.15) is 6.54 Å². The molecule has 0 radical (unpaired) electrons. The summed E-state index contributed by atoms with van der Waals surface area (Å²) < 4.78 is 78.2. The number of hydrogen-bond donors (Lipinski definition) is 1.